The number of urea groups is 1. The van der Waals surface area contributed by atoms with Gasteiger partial charge in [0.15, 0.2) is 0 Å². The lowest BCUT2D eigenvalue weighted by molar-refractivity contribution is 0.249. The first-order valence-corrected chi connectivity index (χ1v) is 6.51. The quantitative estimate of drug-likeness (QED) is 0.938. The Kier molecular flexibility index (Phi) is 4.66. The predicted octanol–water partition coefficient (Wildman–Crippen LogP) is 3.26. The summed E-state index contributed by atoms with van der Waals surface area (Å²) in [7, 11) is 4.93. The van der Waals surface area contributed by atoms with Gasteiger partial charge in [-0.25, -0.2) is 4.79 Å². The van der Waals surface area contributed by atoms with Gasteiger partial charge in [-0.2, -0.15) is 0 Å². The topological polar surface area (TPSA) is 50.8 Å². The van der Waals surface area contributed by atoms with Crippen molar-refractivity contribution in [3.63, 3.8) is 0 Å². The number of ether oxygens (including phenoxy) is 2. The maximum absolute atomic E-state index is 11.5. The molecule has 0 aliphatic carbocycles. The summed E-state index contributed by atoms with van der Waals surface area (Å²) in [5.74, 6) is 2.21. The van der Waals surface area contributed by atoms with Crippen LogP contribution in [0.5, 0.6) is 17.2 Å². The van der Waals surface area contributed by atoms with E-state index in [1.165, 1.54) is 4.90 Å². The number of carbonyl (C=O) groups excluding carboxylic acids is 1. The summed E-state index contributed by atoms with van der Waals surface area (Å²) in [6, 6.07) is 14.5. The molecule has 0 heterocycles. The highest BCUT2D eigenvalue weighted by molar-refractivity contribution is 5.91. The van der Waals surface area contributed by atoms with Crippen molar-refractivity contribution in [2.75, 3.05) is 26.1 Å². The molecule has 0 atom stereocenters. The molecule has 0 aliphatic rings. The molecular formula is C16H18N2O3. The summed E-state index contributed by atoms with van der Waals surface area (Å²) in [5, 5.41) is 2.57. The van der Waals surface area contributed by atoms with Crippen LogP contribution in [-0.2, 0) is 0 Å². The molecule has 21 heavy (non-hydrogen) atoms. The number of nitrogens with one attached hydrogen (secondary N) is 1. The molecule has 2 aromatic rings. The number of rotatable bonds is 4. The van der Waals surface area contributed by atoms with Crippen molar-refractivity contribution in [3.8, 4) is 17.2 Å². The maximum Gasteiger partial charge on any atom is 0.321 e. The third-order valence-electron chi connectivity index (χ3n) is 3.04. The number of amides is 2. The van der Waals surface area contributed by atoms with E-state index in [1.54, 1.807) is 21.2 Å². The molecule has 2 rings (SSSR count). The van der Waals surface area contributed by atoms with Gasteiger partial charge in [0.2, 0.25) is 0 Å². The zero-order valence-electron chi connectivity index (χ0n) is 12.3. The van der Waals surface area contributed by atoms with Gasteiger partial charge >= 0.3 is 6.03 Å². The number of hydrogen-bond acceptors (Lipinski definition) is 3. The van der Waals surface area contributed by atoms with Gasteiger partial charge in [-0.3, -0.25) is 4.90 Å². The van der Waals surface area contributed by atoms with Gasteiger partial charge < -0.3 is 14.8 Å². The Morgan fingerprint density at radius 2 is 1.43 bits per heavy atom. The van der Waals surface area contributed by atoms with E-state index in [0.29, 0.717) is 5.75 Å². The second-order valence-corrected chi connectivity index (χ2v) is 4.39. The molecule has 110 valence electrons. The number of anilines is 1. The summed E-state index contributed by atoms with van der Waals surface area (Å²) < 4.78 is 10.8. The molecule has 0 unspecified atom stereocenters. The van der Waals surface area contributed by atoms with Crippen molar-refractivity contribution in [3.05, 3.63) is 48.5 Å². The molecule has 5 nitrogen and oxygen atoms in total. The van der Waals surface area contributed by atoms with E-state index in [0.717, 1.165) is 17.2 Å². The minimum Gasteiger partial charge on any atom is -0.497 e. The predicted molar refractivity (Wildman–Crippen MR) is 82.4 cm³/mol. The van der Waals surface area contributed by atoms with Crippen LogP contribution in [0.2, 0.25) is 0 Å². The normalized spacial score (nSPS) is 9.86. The molecule has 1 N–H and O–H groups in total. The second kappa shape index (κ2) is 6.65. The molecule has 0 aliphatic heterocycles. The Hall–Kier alpha value is -2.69. The average Bonchev–Trinajstić information content (AvgIpc) is 2.55. The third-order valence-corrected chi connectivity index (χ3v) is 3.04. The molecule has 0 saturated heterocycles. The first-order valence-electron chi connectivity index (χ1n) is 6.51. The first kappa shape index (κ1) is 14.7. The van der Waals surface area contributed by atoms with Gasteiger partial charge in [-0.15, -0.1) is 0 Å². The minimum absolute atomic E-state index is 0.168. The molecule has 2 aromatic carbocycles. The number of nitrogens with zero attached hydrogens (tertiary/aromatic N) is 1. The van der Waals surface area contributed by atoms with Gasteiger partial charge in [0, 0.05) is 19.8 Å². The van der Waals surface area contributed by atoms with Crippen LogP contribution in [0.3, 0.4) is 0 Å². The maximum atomic E-state index is 11.5. The molecule has 0 aromatic heterocycles. The Morgan fingerprint density at radius 3 is 1.90 bits per heavy atom. The Balaban J connectivity index is 2.06. The first-order chi connectivity index (χ1) is 10.1. The van der Waals surface area contributed by atoms with Crippen molar-refractivity contribution in [2.24, 2.45) is 0 Å². The van der Waals surface area contributed by atoms with E-state index in [-0.39, 0.29) is 6.03 Å². The van der Waals surface area contributed by atoms with E-state index >= 15 is 0 Å². The fraction of sp³-hybridized carbons (Fsp3) is 0.188. The largest absolute Gasteiger partial charge is 0.497 e. The van der Waals surface area contributed by atoms with Crippen LogP contribution in [0.15, 0.2) is 48.5 Å². The van der Waals surface area contributed by atoms with Crippen molar-refractivity contribution in [1.29, 1.82) is 0 Å². The highest BCUT2D eigenvalue weighted by Gasteiger charge is 2.08. The van der Waals surface area contributed by atoms with Gasteiger partial charge in [0.25, 0.3) is 0 Å². The lowest BCUT2D eigenvalue weighted by Gasteiger charge is -2.17. The molecule has 0 saturated carbocycles. The molecule has 0 radical (unpaired) electrons. The zero-order chi connectivity index (χ0) is 15.2. The molecular weight excluding hydrogens is 268 g/mol. The molecule has 2 amide bonds. The fourth-order valence-corrected chi connectivity index (χ4v) is 1.80. The number of methoxy groups -OCH3 is 1. The van der Waals surface area contributed by atoms with Crippen LogP contribution in [0.25, 0.3) is 0 Å². The van der Waals surface area contributed by atoms with E-state index in [9.17, 15) is 4.79 Å². The smallest absolute Gasteiger partial charge is 0.321 e. The van der Waals surface area contributed by atoms with Crippen LogP contribution < -0.4 is 19.7 Å². The van der Waals surface area contributed by atoms with E-state index in [1.807, 2.05) is 48.5 Å². The summed E-state index contributed by atoms with van der Waals surface area (Å²) in [5.41, 5.74) is 0.788. The van der Waals surface area contributed by atoms with Crippen LogP contribution in [-0.4, -0.2) is 27.2 Å². The van der Waals surface area contributed by atoms with Gasteiger partial charge in [-0.05, 0) is 48.5 Å². The number of carbonyl (C=O) groups is 1. The van der Waals surface area contributed by atoms with Crippen molar-refractivity contribution >= 4 is 11.7 Å². The van der Waals surface area contributed by atoms with Gasteiger partial charge in [-0.1, -0.05) is 0 Å². The highest BCUT2D eigenvalue weighted by atomic mass is 16.5. The number of benzene rings is 2. The van der Waals surface area contributed by atoms with Crippen LogP contribution in [0.4, 0.5) is 10.5 Å². The Labute approximate surface area is 124 Å². The van der Waals surface area contributed by atoms with Crippen molar-refractivity contribution < 1.29 is 14.3 Å². The SMILES string of the molecule is CNC(=O)N(C)c1ccc(Oc2ccc(OC)cc2)cc1. The summed E-state index contributed by atoms with van der Waals surface area (Å²) in [6.45, 7) is 0. The number of hydrogen-bond donors (Lipinski definition) is 1. The van der Waals surface area contributed by atoms with Gasteiger partial charge in [0.1, 0.15) is 17.2 Å². The minimum atomic E-state index is -0.168. The fourth-order valence-electron chi connectivity index (χ4n) is 1.80. The van der Waals surface area contributed by atoms with Crippen molar-refractivity contribution in [2.45, 2.75) is 0 Å². The third kappa shape index (κ3) is 3.66. The van der Waals surface area contributed by atoms with E-state index in [4.69, 9.17) is 9.47 Å². The Morgan fingerprint density at radius 1 is 0.952 bits per heavy atom. The van der Waals surface area contributed by atoms with Gasteiger partial charge in [0.05, 0.1) is 7.11 Å². The molecule has 0 fully saturated rings. The monoisotopic (exact) mass is 286 g/mol. The Bertz CT molecular complexity index is 594. The lowest BCUT2D eigenvalue weighted by Crippen LogP contribution is -2.34. The molecule has 5 heteroatoms. The molecule has 0 spiro atoms. The average molecular weight is 286 g/mol. The summed E-state index contributed by atoms with van der Waals surface area (Å²) in [4.78, 5) is 13.0. The lowest BCUT2D eigenvalue weighted by atomic mass is 10.3. The second-order valence-electron chi connectivity index (χ2n) is 4.39. The van der Waals surface area contributed by atoms with E-state index < -0.39 is 0 Å². The van der Waals surface area contributed by atoms with Crippen LogP contribution >= 0.6 is 0 Å². The molecule has 0 bridgehead atoms. The van der Waals surface area contributed by atoms with Crippen LogP contribution in [0, 0.1) is 0 Å². The van der Waals surface area contributed by atoms with Crippen molar-refractivity contribution in [1.82, 2.24) is 5.32 Å². The van der Waals surface area contributed by atoms with Crippen LogP contribution in [0.1, 0.15) is 0 Å². The van der Waals surface area contributed by atoms with E-state index in [2.05, 4.69) is 5.32 Å². The summed E-state index contributed by atoms with van der Waals surface area (Å²) >= 11 is 0. The zero-order valence-corrected chi connectivity index (χ0v) is 12.3. The highest BCUT2D eigenvalue weighted by Crippen LogP contribution is 2.25. The summed E-state index contributed by atoms with van der Waals surface area (Å²) in [6.07, 6.45) is 0. The standard InChI is InChI=1S/C16H18N2O3/c1-17-16(19)18(2)12-4-6-14(7-5-12)21-15-10-8-13(20-3)9-11-15/h4-11H,1-3H3,(H,17,19).